The fraction of sp³-hybridized carbons (Fsp3) is 0.389. The second-order valence-electron chi connectivity index (χ2n) is 6.59. The normalized spacial score (nSPS) is 14.4. The monoisotopic (exact) mass is 372 g/mol. The molecule has 0 unspecified atom stereocenters. The number of carbonyl (C=O) groups excluding carboxylic acids is 2. The lowest BCUT2D eigenvalue weighted by Crippen LogP contribution is -2.39. The van der Waals surface area contributed by atoms with E-state index in [0.29, 0.717) is 16.7 Å². The van der Waals surface area contributed by atoms with Gasteiger partial charge in [-0.2, -0.15) is 5.10 Å². The summed E-state index contributed by atoms with van der Waals surface area (Å²) >= 11 is 1.42. The first-order chi connectivity index (χ1) is 12.5. The quantitative estimate of drug-likeness (QED) is 0.721. The van der Waals surface area contributed by atoms with E-state index in [2.05, 4.69) is 15.7 Å². The maximum atomic E-state index is 12.4. The highest BCUT2D eigenvalue weighted by Crippen LogP contribution is 2.29. The van der Waals surface area contributed by atoms with Crippen LogP contribution in [0.1, 0.15) is 50.9 Å². The Morgan fingerprint density at radius 2 is 2.15 bits per heavy atom. The second-order valence-corrected chi connectivity index (χ2v) is 7.62. The van der Waals surface area contributed by atoms with Gasteiger partial charge in [-0.3, -0.25) is 14.3 Å². The third-order valence-corrected chi connectivity index (χ3v) is 5.83. The molecule has 1 aliphatic carbocycles. The van der Waals surface area contributed by atoms with Gasteiger partial charge in [0.05, 0.1) is 17.1 Å². The van der Waals surface area contributed by atoms with E-state index in [1.54, 1.807) is 23.7 Å². The Morgan fingerprint density at radius 1 is 1.35 bits per heavy atom. The van der Waals surface area contributed by atoms with Gasteiger partial charge in [-0.15, -0.1) is 11.3 Å². The van der Waals surface area contributed by atoms with Crippen molar-refractivity contribution in [1.82, 2.24) is 20.4 Å². The molecule has 0 saturated heterocycles. The summed E-state index contributed by atoms with van der Waals surface area (Å²) in [6, 6.07) is 5.56. The average Bonchev–Trinajstić information content (AvgIpc) is 3.26. The zero-order valence-electron chi connectivity index (χ0n) is 14.7. The summed E-state index contributed by atoms with van der Waals surface area (Å²) in [5, 5.41) is 11.2. The number of hydrogen-bond donors (Lipinski definition) is 2. The zero-order valence-corrected chi connectivity index (χ0v) is 15.5. The predicted octanol–water partition coefficient (Wildman–Crippen LogP) is 2.75. The van der Waals surface area contributed by atoms with Gasteiger partial charge in [0.2, 0.25) is 0 Å². The van der Waals surface area contributed by atoms with Crippen molar-refractivity contribution in [2.75, 3.05) is 0 Å². The van der Waals surface area contributed by atoms with Crippen LogP contribution in [0.4, 0.5) is 0 Å². The SMILES string of the molecule is Cc1ccc(C(=O)NCc2nn(C)c3sc(C(=O)NC4CCC4)cc23)o1. The first-order valence-electron chi connectivity index (χ1n) is 8.62. The van der Waals surface area contributed by atoms with Crippen LogP contribution in [0, 0.1) is 6.92 Å². The van der Waals surface area contributed by atoms with Gasteiger partial charge in [0.1, 0.15) is 10.6 Å². The molecule has 4 rings (SSSR count). The van der Waals surface area contributed by atoms with Gasteiger partial charge in [0.25, 0.3) is 11.8 Å². The summed E-state index contributed by atoms with van der Waals surface area (Å²) in [4.78, 5) is 26.1. The molecule has 0 aliphatic heterocycles. The lowest BCUT2D eigenvalue weighted by molar-refractivity contribution is 0.0913. The molecule has 3 aromatic heterocycles. The molecule has 0 bridgehead atoms. The lowest BCUT2D eigenvalue weighted by Gasteiger charge is -2.25. The van der Waals surface area contributed by atoms with Crippen molar-refractivity contribution >= 4 is 33.4 Å². The van der Waals surface area contributed by atoms with E-state index in [0.717, 1.165) is 28.8 Å². The fourth-order valence-corrected chi connectivity index (χ4v) is 3.96. The number of thiophene rings is 1. The number of aryl methyl sites for hydroxylation is 2. The van der Waals surface area contributed by atoms with Crippen LogP contribution in [0.15, 0.2) is 22.6 Å². The van der Waals surface area contributed by atoms with Crippen LogP contribution in [0.25, 0.3) is 10.2 Å². The summed E-state index contributed by atoms with van der Waals surface area (Å²) in [5.74, 6) is 0.655. The fourth-order valence-electron chi connectivity index (χ4n) is 2.97. The lowest BCUT2D eigenvalue weighted by atomic mass is 9.93. The smallest absolute Gasteiger partial charge is 0.287 e. The van der Waals surface area contributed by atoms with Crippen molar-refractivity contribution in [2.45, 2.75) is 38.8 Å². The first kappa shape index (κ1) is 16.8. The number of hydrogen-bond acceptors (Lipinski definition) is 5. The highest BCUT2D eigenvalue weighted by atomic mass is 32.1. The molecule has 2 amide bonds. The summed E-state index contributed by atoms with van der Waals surface area (Å²) < 4.78 is 7.08. The van der Waals surface area contributed by atoms with E-state index in [4.69, 9.17) is 4.42 Å². The number of fused-ring (bicyclic) bond motifs is 1. The van der Waals surface area contributed by atoms with Crippen molar-refractivity contribution in [1.29, 1.82) is 0 Å². The van der Waals surface area contributed by atoms with Crippen molar-refractivity contribution < 1.29 is 14.0 Å². The molecule has 0 radical (unpaired) electrons. The number of nitrogens with one attached hydrogen (secondary N) is 2. The first-order valence-corrected chi connectivity index (χ1v) is 9.44. The van der Waals surface area contributed by atoms with Crippen LogP contribution < -0.4 is 10.6 Å². The van der Waals surface area contributed by atoms with Gasteiger partial charge in [-0.05, 0) is 44.4 Å². The summed E-state index contributed by atoms with van der Waals surface area (Å²) in [5.41, 5.74) is 0.734. The molecule has 0 atom stereocenters. The molecular formula is C18H20N4O3S. The average molecular weight is 372 g/mol. The van der Waals surface area contributed by atoms with Crippen LogP contribution in [0.5, 0.6) is 0 Å². The molecule has 3 aromatic rings. The summed E-state index contributed by atoms with van der Waals surface area (Å²) in [6.45, 7) is 2.07. The minimum absolute atomic E-state index is 0.0306. The van der Waals surface area contributed by atoms with Gasteiger partial charge in [0.15, 0.2) is 5.76 Å². The van der Waals surface area contributed by atoms with E-state index in [1.807, 2.05) is 13.1 Å². The Kier molecular flexibility index (Phi) is 4.28. The second kappa shape index (κ2) is 6.60. The molecule has 3 heterocycles. The van der Waals surface area contributed by atoms with Gasteiger partial charge >= 0.3 is 0 Å². The maximum absolute atomic E-state index is 12.4. The van der Waals surface area contributed by atoms with Gasteiger partial charge in [0, 0.05) is 18.5 Å². The standard InChI is InChI=1S/C18H20N4O3S/c1-10-6-7-14(25-10)16(23)19-9-13-12-8-15(26-18(12)22(2)21-13)17(24)20-11-4-3-5-11/h6-8,11H,3-5,9H2,1-2H3,(H,19,23)(H,20,24). The van der Waals surface area contributed by atoms with Gasteiger partial charge in [-0.1, -0.05) is 0 Å². The third kappa shape index (κ3) is 3.12. The van der Waals surface area contributed by atoms with Crippen LogP contribution in [-0.4, -0.2) is 27.6 Å². The molecule has 7 nitrogen and oxygen atoms in total. The largest absolute Gasteiger partial charge is 0.456 e. The minimum atomic E-state index is -0.282. The van der Waals surface area contributed by atoms with E-state index in [1.165, 1.54) is 17.8 Å². The molecule has 0 spiro atoms. The number of furan rings is 1. The molecular weight excluding hydrogens is 352 g/mol. The van der Waals surface area contributed by atoms with Crippen molar-refractivity contribution in [2.24, 2.45) is 7.05 Å². The Hall–Kier alpha value is -2.61. The van der Waals surface area contributed by atoms with E-state index < -0.39 is 0 Å². The van der Waals surface area contributed by atoms with Crippen molar-refractivity contribution in [3.05, 3.63) is 40.3 Å². The molecule has 1 saturated carbocycles. The van der Waals surface area contributed by atoms with E-state index >= 15 is 0 Å². The Morgan fingerprint density at radius 3 is 2.81 bits per heavy atom. The molecule has 1 aliphatic rings. The van der Waals surface area contributed by atoms with Gasteiger partial charge < -0.3 is 15.1 Å². The number of amides is 2. The predicted molar refractivity (Wildman–Crippen MR) is 98.3 cm³/mol. The number of nitrogens with zero attached hydrogens (tertiary/aromatic N) is 2. The maximum Gasteiger partial charge on any atom is 0.287 e. The van der Waals surface area contributed by atoms with Crippen molar-refractivity contribution in [3.63, 3.8) is 0 Å². The molecule has 136 valence electrons. The Bertz CT molecular complexity index is 980. The van der Waals surface area contributed by atoms with E-state index in [9.17, 15) is 9.59 Å². The Balaban J connectivity index is 1.50. The van der Waals surface area contributed by atoms with Crippen LogP contribution in [0.3, 0.4) is 0 Å². The Labute approximate surface area is 154 Å². The van der Waals surface area contributed by atoms with Crippen LogP contribution in [-0.2, 0) is 13.6 Å². The van der Waals surface area contributed by atoms with E-state index in [-0.39, 0.29) is 24.1 Å². The zero-order chi connectivity index (χ0) is 18.3. The molecule has 8 heteroatoms. The summed E-state index contributed by atoms with van der Waals surface area (Å²) in [6.07, 6.45) is 3.30. The van der Waals surface area contributed by atoms with Crippen LogP contribution >= 0.6 is 11.3 Å². The van der Waals surface area contributed by atoms with Crippen molar-refractivity contribution in [3.8, 4) is 0 Å². The highest BCUT2D eigenvalue weighted by molar-refractivity contribution is 7.20. The topological polar surface area (TPSA) is 89.2 Å². The number of aromatic nitrogens is 2. The third-order valence-electron chi connectivity index (χ3n) is 4.63. The molecule has 2 N–H and O–H groups in total. The molecule has 0 aromatic carbocycles. The van der Waals surface area contributed by atoms with Crippen LogP contribution in [0.2, 0.25) is 0 Å². The summed E-state index contributed by atoms with van der Waals surface area (Å²) in [7, 11) is 1.84. The minimum Gasteiger partial charge on any atom is -0.456 e. The molecule has 26 heavy (non-hydrogen) atoms. The number of carbonyl (C=O) groups is 2. The molecule has 1 fully saturated rings. The number of rotatable bonds is 5. The highest BCUT2D eigenvalue weighted by Gasteiger charge is 2.23. The van der Waals surface area contributed by atoms with Gasteiger partial charge in [-0.25, -0.2) is 0 Å².